The lowest BCUT2D eigenvalue weighted by Gasteiger charge is -2.09. The number of carbonyl (C=O) groups is 1. The average Bonchev–Trinajstić information content (AvgIpc) is 2.44. The van der Waals surface area contributed by atoms with Crippen molar-refractivity contribution in [2.75, 3.05) is 17.2 Å². The maximum atomic E-state index is 14.1. The number of pyridine rings is 2. The van der Waals surface area contributed by atoms with Crippen molar-refractivity contribution >= 4 is 33.5 Å². The summed E-state index contributed by atoms with van der Waals surface area (Å²) in [7, 11) is 0. The maximum Gasteiger partial charge on any atom is 0.260 e. The van der Waals surface area contributed by atoms with E-state index in [4.69, 9.17) is 0 Å². The minimum absolute atomic E-state index is 0.0558. The highest BCUT2D eigenvalue weighted by atomic mass is 79.9. The van der Waals surface area contributed by atoms with Gasteiger partial charge in [0, 0.05) is 18.9 Å². The number of rotatable bonds is 4. The van der Waals surface area contributed by atoms with Gasteiger partial charge in [0.1, 0.15) is 5.82 Å². The van der Waals surface area contributed by atoms with Gasteiger partial charge < -0.3 is 10.6 Å². The molecule has 2 aromatic rings. The van der Waals surface area contributed by atoms with Crippen LogP contribution in [0.5, 0.6) is 0 Å². The van der Waals surface area contributed by atoms with Gasteiger partial charge in [0.25, 0.3) is 5.91 Å². The Kier molecular flexibility index (Phi) is 4.62. The standard InChI is InChI=1S/C13H12BrFN4O/c1-2-16-12-10(15)8(5-7-18-12)13(20)19-11-9(14)4-3-6-17-11/h3-7H,2H2,1H3,(H,16,18)(H,17,19,20). The van der Waals surface area contributed by atoms with E-state index in [0.717, 1.165) is 0 Å². The van der Waals surface area contributed by atoms with Gasteiger partial charge in [0.15, 0.2) is 11.6 Å². The third-order valence-electron chi connectivity index (χ3n) is 2.47. The zero-order valence-corrected chi connectivity index (χ0v) is 12.2. The normalized spacial score (nSPS) is 10.2. The summed E-state index contributed by atoms with van der Waals surface area (Å²) in [5, 5.41) is 5.30. The molecule has 0 aliphatic rings. The van der Waals surface area contributed by atoms with Crippen LogP contribution in [0.3, 0.4) is 0 Å². The van der Waals surface area contributed by atoms with Gasteiger partial charge >= 0.3 is 0 Å². The fourth-order valence-corrected chi connectivity index (χ4v) is 1.92. The van der Waals surface area contributed by atoms with Gasteiger partial charge in [-0.05, 0) is 41.1 Å². The van der Waals surface area contributed by atoms with Crippen molar-refractivity contribution < 1.29 is 9.18 Å². The summed E-state index contributed by atoms with van der Waals surface area (Å²) in [4.78, 5) is 19.9. The van der Waals surface area contributed by atoms with Gasteiger partial charge in [-0.1, -0.05) is 0 Å². The Morgan fingerprint density at radius 3 is 2.75 bits per heavy atom. The van der Waals surface area contributed by atoms with E-state index >= 15 is 0 Å². The van der Waals surface area contributed by atoms with Crippen molar-refractivity contribution in [1.82, 2.24) is 9.97 Å². The lowest BCUT2D eigenvalue weighted by Crippen LogP contribution is -2.16. The SMILES string of the molecule is CCNc1nccc(C(=O)Nc2ncccc2Br)c1F. The van der Waals surface area contributed by atoms with Gasteiger partial charge in [-0.25, -0.2) is 14.4 Å². The van der Waals surface area contributed by atoms with Gasteiger partial charge in [-0.2, -0.15) is 0 Å². The maximum absolute atomic E-state index is 14.1. The smallest absolute Gasteiger partial charge is 0.260 e. The Bertz CT molecular complexity index is 636. The first kappa shape index (κ1) is 14.4. The van der Waals surface area contributed by atoms with Gasteiger partial charge in [0.05, 0.1) is 10.0 Å². The molecule has 0 spiro atoms. The molecule has 0 radical (unpaired) electrons. The Morgan fingerprint density at radius 1 is 1.30 bits per heavy atom. The van der Waals surface area contributed by atoms with E-state index in [2.05, 4.69) is 36.5 Å². The van der Waals surface area contributed by atoms with Crippen molar-refractivity contribution in [3.05, 3.63) is 46.4 Å². The van der Waals surface area contributed by atoms with Crippen LogP contribution in [-0.2, 0) is 0 Å². The van der Waals surface area contributed by atoms with Crippen LogP contribution in [-0.4, -0.2) is 22.4 Å². The topological polar surface area (TPSA) is 66.9 Å². The van der Waals surface area contributed by atoms with Gasteiger partial charge in [-0.15, -0.1) is 0 Å². The molecular weight excluding hydrogens is 327 g/mol. The molecule has 20 heavy (non-hydrogen) atoms. The number of aromatic nitrogens is 2. The molecule has 2 rings (SSSR count). The molecule has 0 aromatic carbocycles. The Labute approximate surface area is 123 Å². The van der Waals surface area contributed by atoms with Crippen LogP contribution in [0.4, 0.5) is 16.0 Å². The lowest BCUT2D eigenvalue weighted by atomic mass is 10.2. The second kappa shape index (κ2) is 6.42. The molecular formula is C13H12BrFN4O. The third kappa shape index (κ3) is 3.11. The number of hydrogen-bond acceptors (Lipinski definition) is 4. The van der Waals surface area contributed by atoms with Crippen LogP contribution in [0.2, 0.25) is 0 Å². The van der Waals surface area contributed by atoms with E-state index in [1.165, 1.54) is 18.5 Å². The number of halogens is 2. The van der Waals surface area contributed by atoms with E-state index in [9.17, 15) is 9.18 Å². The van der Waals surface area contributed by atoms with Crippen molar-refractivity contribution in [3.8, 4) is 0 Å². The molecule has 0 fully saturated rings. The van der Waals surface area contributed by atoms with Gasteiger partial charge in [-0.3, -0.25) is 4.79 Å². The van der Waals surface area contributed by atoms with Crippen molar-refractivity contribution in [2.45, 2.75) is 6.92 Å². The average molecular weight is 339 g/mol. The van der Waals surface area contributed by atoms with E-state index in [-0.39, 0.29) is 11.4 Å². The monoisotopic (exact) mass is 338 g/mol. The number of nitrogens with zero attached hydrogens (tertiary/aromatic N) is 2. The lowest BCUT2D eigenvalue weighted by molar-refractivity contribution is 0.102. The Balaban J connectivity index is 2.26. The van der Waals surface area contributed by atoms with Crippen molar-refractivity contribution in [1.29, 1.82) is 0 Å². The molecule has 0 aliphatic heterocycles. The first-order chi connectivity index (χ1) is 9.63. The first-order valence-corrected chi connectivity index (χ1v) is 6.73. The quantitative estimate of drug-likeness (QED) is 0.898. The third-order valence-corrected chi connectivity index (χ3v) is 3.11. The molecule has 1 amide bonds. The fourth-order valence-electron chi connectivity index (χ4n) is 1.56. The Morgan fingerprint density at radius 2 is 2.05 bits per heavy atom. The molecule has 2 N–H and O–H groups in total. The van der Waals surface area contributed by atoms with Crippen LogP contribution >= 0.6 is 15.9 Å². The Hall–Kier alpha value is -2.02. The highest BCUT2D eigenvalue weighted by molar-refractivity contribution is 9.10. The predicted octanol–water partition coefficient (Wildman–Crippen LogP) is 3.06. The molecule has 7 heteroatoms. The van der Waals surface area contributed by atoms with Crippen molar-refractivity contribution in [3.63, 3.8) is 0 Å². The number of nitrogens with one attached hydrogen (secondary N) is 2. The molecule has 5 nitrogen and oxygen atoms in total. The van der Waals surface area contributed by atoms with E-state index < -0.39 is 11.7 Å². The number of carbonyl (C=O) groups excluding carboxylic acids is 1. The largest absolute Gasteiger partial charge is 0.368 e. The second-order valence-electron chi connectivity index (χ2n) is 3.84. The molecule has 0 bridgehead atoms. The van der Waals surface area contributed by atoms with E-state index in [1.807, 2.05) is 6.92 Å². The minimum Gasteiger partial charge on any atom is -0.368 e. The van der Waals surface area contributed by atoms with Crippen molar-refractivity contribution in [2.24, 2.45) is 0 Å². The summed E-state index contributed by atoms with van der Waals surface area (Å²) in [6.45, 7) is 2.33. The van der Waals surface area contributed by atoms with E-state index in [1.54, 1.807) is 12.1 Å². The van der Waals surface area contributed by atoms with E-state index in [0.29, 0.717) is 16.8 Å². The zero-order valence-electron chi connectivity index (χ0n) is 10.7. The molecule has 2 aromatic heterocycles. The highest BCUT2D eigenvalue weighted by Crippen LogP contribution is 2.21. The molecule has 104 valence electrons. The summed E-state index contributed by atoms with van der Waals surface area (Å²) in [5.74, 6) is -0.874. The van der Waals surface area contributed by atoms with Crippen LogP contribution in [0.1, 0.15) is 17.3 Å². The molecule has 2 heterocycles. The summed E-state index contributed by atoms with van der Waals surface area (Å²) in [6.07, 6.45) is 2.91. The van der Waals surface area contributed by atoms with Crippen LogP contribution in [0, 0.1) is 5.82 Å². The summed E-state index contributed by atoms with van der Waals surface area (Å²) in [5.41, 5.74) is -0.0893. The second-order valence-corrected chi connectivity index (χ2v) is 4.69. The zero-order chi connectivity index (χ0) is 14.5. The molecule has 0 atom stereocenters. The first-order valence-electron chi connectivity index (χ1n) is 5.93. The predicted molar refractivity (Wildman–Crippen MR) is 78.2 cm³/mol. The minimum atomic E-state index is -0.682. The van der Waals surface area contributed by atoms with Gasteiger partial charge in [0.2, 0.25) is 0 Å². The molecule has 0 saturated heterocycles. The van der Waals surface area contributed by atoms with Crippen LogP contribution in [0.25, 0.3) is 0 Å². The van der Waals surface area contributed by atoms with Crippen LogP contribution < -0.4 is 10.6 Å². The summed E-state index contributed by atoms with van der Waals surface area (Å²) >= 11 is 3.26. The highest BCUT2D eigenvalue weighted by Gasteiger charge is 2.17. The molecule has 0 aliphatic carbocycles. The number of hydrogen-bond donors (Lipinski definition) is 2. The number of amides is 1. The molecule has 0 unspecified atom stereocenters. The summed E-state index contributed by atoms with van der Waals surface area (Å²) < 4.78 is 14.7. The summed E-state index contributed by atoms with van der Waals surface area (Å²) in [6, 6.07) is 4.77. The van der Waals surface area contributed by atoms with Crippen LogP contribution in [0.15, 0.2) is 35.1 Å². The number of anilines is 2. The fraction of sp³-hybridized carbons (Fsp3) is 0.154. The molecule has 0 saturated carbocycles.